The Hall–Kier alpha value is -3.61. The summed E-state index contributed by atoms with van der Waals surface area (Å²) in [6.07, 6.45) is 9.04. The van der Waals surface area contributed by atoms with E-state index in [1.807, 2.05) is 49.5 Å². The molecule has 0 aliphatic carbocycles. The molecule has 2 heterocycles. The number of nitrogens with one attached hydrogen (secondary N) is 1. The van der Waals surface area contributed by atoms with Crippen LogP contribution in [0.15, 0.2) is 16.8 Å². The van der Waals surface area contributed by atoms with Crippen molar-refractivity contribution < 1.29 is 66.9 Å². The largest absolute Gasteiger partial charge is 0.481 e. The first-order valence-electron chi connectivity index (χ1n) is 25.2. The lowest BCUT2D eigenvalue weighted by molar-refractivity contribution is -0.138. The normalized spacial score (nSPS) is 12.8. The van der Waals surface area contributed by atoms with Gasteiger partial charge in [-0.25, -0.2) is 4.99 Å². The molecule has 404 valence electrons. The number of amides is 2. The Morgan fingerprint density at radius 3 is 1.63 bits per heavy atom. The number of carboxylic acid groups (broad SMARTS) is 1. The monoisotopic (exact) mass is 1000 g/mol. The van der Waals surface area contributed by atoms with E-state index in [0.29, 0.717) is 181 Å². The van der Waals surface area contributed by atoms with E-state index >= 15 is 0 Å². The molecule has 4 N–H and O–H groups in total. The van der Waals surface area contributed by atoms with Crippen molar-refractivity contribution in [1.29, 1.82) is 0 Å². The van der Waals surface area contributed by atoms with Crippen LogP contribution in [-0.4, -0.2) is 220 Å². The third kappa shape index (κ3) is 34.7. The Kier molecular flexibility index (Phi) is 36.5. The topological polar surface area (TPSA) is 238 Å². The van der Waals surface area contributed by atoms with Crippen LogP contribution >= 0.6 is 0 Å². The minimum absolute atomic E-state index is 0.00875. The van der Waals surface area contributed by atoms with Gasteiger partial charge < -0.3 is 73.3 Å². The maximum absolute atomic E-state index is 13.7. The quantitative estimate of drug-likeness (QED) is 0.0791. The number of unbranched alkanes of at least 4 members (excludes halogenated alkanes) is 2. The zero-order valence-electron chi connectivity index (χ0n) is 43.3. The Morgan fingerprint density at radius 2 is 1.16 bits per heavy atom. The van der Waals surface area contributed by atoms with Gasteiger partial charge in [0.25, 0.3) is 0 Å². The lowest BCUT2D eigenvalue weighted by atomic mass is 9.92. The molecule has 2 rings (SSSR count). The molecule has 21 heteroatoms. The van der Waals surface area contributed by atoms with Crippen molar-refractivity contribution in [1.82, 2.24) is 24.9 Å². The van der Waals surface area contributed by atoms with Crippen LogP contribution in [-0.2, 0) is 68.3 Å². The number of carboxylic acids is 1. The summed E-state index contributed by atoms with van der Waals surface area (Å²) in [4.78, 5) is 45.0. The van der Waals surface area contributed by atoms with E-state index in [1.165, 1.54) is 0 Å². The number of hydrogen-bond donors (Lipinski definition) is 3. The van der Waals surface area contributed by atoms with Crippen molar-refractivity contribution in [3.8, 4) is 0 Å². The molecule has 1 aromatic heterocycles. The number of aliphatic carboxylic acids is 1. The van der Waals surface area contributed by atoms with Crippen LogP contribution in [0.2, 0.25) is 0 Å². The lowest BCUT2D eigenvalue weighted by Crippen LogP contribution is -2.37. The Morgan fingerprint density at radius 1 is 0.671 bits per heavy atom. The summed E-state index contributed by atoms with van der Waals surface area (Å²) in [5, 5.41) is 16.3. The molecule has 1 aliphatic heterocycles. The summed E-state index contributed by atoms with van der Waals surface area (Å²) < 4.78 is 56.7. The van der Waals surface area contributed by atoms with Crippen LogP contribution in [0.5, 0.6) is 0 Å². The first-order valence-corrected chi connectivity index (χ1v) is 25.2. The molecular weight excluding hydrogens is 911 g/mol. The number of aryl methyl sites for hydroxylation is 1. The minimum Gasteiger partial charge on any atom is -0.481 e. The second-order valence-corrected chi connectivity index (χ2v) is 18.0. The number of amidine groups is 1. The van der Waals surface area contributed by atoms with Gasteiger partial charge in [0.05, 0.1) is 145 Å². The average molecular weight is 1000 g/mol. The summed E-state index contributed by atoms with van der Waals surface area (Å²) in [7, 11) is 2.10. The maximum Gasteiger partial charge on any atom is 0.305 e. The van der Waals surface area contributed by atoms with Crippen LogP contribution in [0.4, 0.5) is 5.69 Å². The maximum atomic E-state index is 13.7. The number of ether oxygens (including phenoxy) is 10. The van der Waals surface area contributed by atoms with Crippen LogP contribution in [0.3, 0.4) is 0 Å². The predicted octanol–water partition coefficient (Wildman–Crippen LogP) is 3.58. The molecule has 0 unspecified atom stereocenters. The van der Waals surface area contributed by atoms with Gasteiger partial charge in [0.15, 0.2) is 0 Å². The van der Waals surface area contributed by atoms with Gasteiger partial charge in [0.1, 0.15) is 17.2 Å². The fourth-order valence-corrected chi connectivity index (χ4v) is 6.71. The van der Waals surface area contributed by atoms with Crippen molar-refractivity contribution in [2.45, 2.75) is 85.6 Å². The van der Waals surface area contributed by atoms with Gasteiger partial charge in [-0.15, -0.1) is 0 Å². The zero-order chi connectivity index (χ0) is 50.9. The van der Waals surface area contributed by atoms with Gasteiger partial charge in [0, 0.05) is 51.1 Å². The highest BCUT2D eigenvalue weighted by Crippen LogP contribution is 2.26. The van der Waals surface area contributed by atoms with Crippen molar-refractivity contribution in [3.63, 3.8) is 0 Å². The van der Waals surface area contributed by atoms with Crippen molar-refractivity contribution in [2.24, 2.45) is 16.1 Å². The second-order valence-electron chi connectivity index (χ2n) is 18.0. The van der Waals surface area contributed by atoms with E-state index in [2.05, 4.69) is 22.3 Å². The molecule has 0 radical (unpaired) electrons. The Bertz CT molecular complexity index is 1580. The Labute approximate surface area is 417 Å². The molecular formula is C49H89N7O14. The SMILES string of the molecule is CCCN(CCCNC(=O)CC(C)(C)C)C(=O)C1=Cc2nn(CCCCCN(C)CCOCCOCCOCCOCCOCCOCCOCCOCCOCCOCCC(=O)O)cc2N=C(N)C1. The molecule has 1 aromatic rings. The van der Waals surface area contributed by atoms with Gasteiger partial charge in [-0.2, -0.15) is 5.10 Å². The Balaban J connectivity index is 1.37. The van der Waals surface area contributed by atoms with Crippen LogP contribution in [0.1, 0.15) is 84.8 Å². The number of nitrogens with two attached hydrogens (primary N) is 1. The minimum atomic E-state index is -0.878. The molecule has 0 bridgehead atoms. The highest BCUT2D eigenvalue weighted by molar-refractivity contribution is 6.05. The van der Waals surface area contributed by atoms with E-state index in [-0.39, 0.29) is 36.7 Å². The molecule has 0 spiro atoms. The number of rotatable bonds is 47. The number of fused-ring (bicyclic) bond motifs is 1. The molecule has 0 aromatic carbocycles. The number of carbonyl (C=O) groups excluding carboxylic acids is 2. The van der Waals surface area contributed by atoms with E-state index < -0.39 is 5.97 Å². The van der Waals surface area contributed by atoms with E-state index in [1.54, 1.807) is 0 Å². The van der Waals surface area contributed by atoms with Crippen LogP contribution in [0.25, 0.3) is 6.08 Å². The van der Waals surface area contributed by atoms with Gasteiger partial charge in [0.2, 0.25) is 11.8 Å². The van der Waals surface area contributed by atoms with Crippen molar-refractivity contribution >= 4 is 35.4 Å². The predicted molar refractivity (Wildman–Crippen MR) is 266 cm³/mol. The number of nitrogens with zero attached hydrogens (tertiary/aromatic N) is 5. The molecule has 1 aliphatic rings. The molecule has 0 fully saturated rings. The third-order valence-corrected chi connectivity index (χ3v) is 10.2. The molecule has 2 amide bonds. The fraction of sp³-hybridized carbons (Fsp3) is 0.816. The first-order chi connectivity index (χ1) is 33.9. The number of hydrogen-bond acceptors (Lipinski definition) is 17. The molecule has 70 heavy (non-hydrogen) atoms. The summed E-state index contributed by atoms with van der Waals surface area (Å²) in [5.41, 5.74) is 8.13. The average Bonchev–Trinajstić information content (AvgIpc) is 3.60. The standard InChI is InChI=1S/C49H89N7O14/c1-6-13-55(15-10-12-51-46(57)40-49(2,3)4)48(60)42-38-43-44(52-45(50)39-42)41-56(53-43)16-9-7-8-14-54(5)17-19-62-21-23-64-25-27-66-29-31-68-33-35-70-37-36-69-34-32-67-30-28-65-26-24-63-22-20-61-18-11-47(58)59/h38,41H,6-37,39-40H2,1-5H3,(H2,50,52)(H,51,57)(H,58,59). The second kappa shape index (κ2) is 40.9. The summed E-state index contributed by atoms with van der Waals surface area (Å²) in [6.45, 7) is 21.7. The highest BCUT2D eigenvalue weighted by atomic mass is 16.6. The van der Waals surface area contributed by atoms with Gasteiger partial charge in [-0.05, 0) is 50.8 Å². The zero-order valence-corrected chi connectivity index (χ0v) is 43.3. The smallest absolute Gasteiger partial charge is 0.305 e. The van der Waals surface area contributed by atoms with Crippen LogP contribution in [0, 0.1) is 5.41 Å². The third-order valence-electron chi connectivity index (χ3n) is 10.2. The van der Waals surface area contributed by atoms with E-state index in [0.717, 1.165) is 45.3 Å². The fourth-order valence-electron chi connectivity index (χ4n) is 6.71. The van der Waals surface area contributed by atoms with Gasteiger partial charge in [-0.3, -0.25) is 19.1 Å². The van der Waals surface area contributed by atoms with E-state index in [4.69, 9.17) is 63.3 Å². The summed E-state index contributed by atoms with van der Waals surface area (Å²) in [6, 6.07) is 0. The first kappa shape index (κ1) is 62.5. The number of likely N-dealkylation sites (N-methyl/N-ethyl adjacent to an activating group) is 1. The van der Waals surface area contributed by atoms with Crippen molar-refractivity contribution in [3.05, 3.63) is 17.5 Å². The van der Waals surface area contributed by atoms with E-state index in [9.17, 15) is 14.4 Å². The van der Waals surface area contributed by atoms with Crippen LogP contribution < -0.4 is 11.1 Å². The summed E-state index contributed by atoms with van der Waals surface area (Å²) in [5.74, 6) is -0.523. The molecule has 0 atom stereocenters. The highest BCUT2D eigenvalue weighted by Gasteiger charge is 2.23. The summed E-state index contributed by atoms with van der Waals surface area (Å²) >= 11 is 0. The number of carbonyl (C=O) groups is 3. The van der Waals surface area contributed by atoms with Gasteiger partial charge >= 0.3 is 5.97 Å². The number of aliphatic imine (C=N–C) groups is 1. The van der Waals surface area contributed by atoms with Crippen molar-refractivity contribution in [2.75, 3.05) is 172 Å². The molecule has 21 nitrogen and oxygen atoms in total. The molecule has 0 saturated carbocycles. The lowest BCUT2D eigenvalue weighted by Gasteiger charge is -2.24. The number of aromatic nitrogens is 2. The molecule has 0 saturated heterocycles. The van der Waals surface area contributed by atoms with Gasteiger partial charge in [-0.1, -0.05) is 34.1 Å².